The van der Waals surface area contributed by atoms with Gasteiger partial charge in [-0.1, -0.05) is 12.1 Å². The summed E-state index contributed by atoms with van der Waals surface area (Å²) in [7, 11) is 1.82. The van der Waals surface area contributed by atoms with Crippen LogP contribution in [0.25, 0.3) is 0 Å². The second-order valence-corrected chi connectivity index (χ2v) is 5.44. The summed E-state index contributed by atoms with van der Waals surface area (Å²) >= 11 is 0. The molecule has 0 unspecified atom stereocenters. The zero-order valence-corrected chi connectivity index (χ0v) is 12.5. The average molecular weight is 286 g/mol. The quantitative estimate of drug-likeness (QED) is 0.890. The lowest BCUT2D eigenvalue weighted by Crippen LogP contribution is -2.39. The maximum atomic E-state index is 12.3. The molecule has 1 heterocycles. The molecule has 1 aromatic carbocycles. The molecule has 0 radical (unpaired) electrons. The number of carbonyl (C=O) groups excluding carboxylic acids is 1. The standard InChI is InChI=1S/C16H22N4O/c1-19(12-15-5-2-4-14(10-15)11-17)16(21)13-20-8-3-6-18-7-9-20/h2,4-5,10,18H,3,6-9,12-13H2,1H3. The first-order chi connectivity index (χ1) is 10.2. The van der Waals surface area contributed by atoms with Gasteiger partial charge in [0.1, 0.15) is 0 Å². The molecule has 1 fully saturated rings. The highest BCUT2D eigenvalue weighted by atomic mass is 16.2. The van der Waals surface area contributed by atoms with E-state index >= 15 is 0 Å². The summed E-state index contributed by atoms with van der Waals surface area (Å²) in [4.78, 5) is 16.2. The van der Waals surface area contributed by atoms with Gasteiger partial charge in [0.15, 0.2) is 0 Å². The van der Waals surface area contributed by atoms with Gasteiger partial charge in [-0.15, -0.1) is 0 Å². The third kappa shape index (κ3) is 4.85. The van der Waals surface area contributed by atoms with Crippen molar-refractivity contribution >= 4 is 5.91 Å². The fourth-order valence-corrected chi connectivity index (χ4v) is 2.47. The van der Waals surface area contributed by atoms with Crippen LogP contribution in [0.1, 0.15) is 17.5 Å². The van der Waals surface area contributed by atoms with E-state index in [1.165, 1.54) is 0 Å². The van der Waals surface area contributed by atoms with E-state index in [-0.39, 0.29) is 5.91 Å². The fourth-order valence-electron chi connectivity index (χ4n) is 2.47. The molecule has 1 aliphatic rings. The number of hydrogen-bond acceptors (Lipinski definition) is 4. The predicted molar refractivity (Wildman–Crippen MR) is 81.6 cm³/mol. The lowest BCUT2D eigenvalue weighted by Gasteiger charge is -2.23. The summed E-state index contributed by atoms with van der Waals surface area (Å²) in [6.07, 6.45) is 1.08. The van der Waals surface area contributed by atoms with Crippen LogP contribution in [-0.4, -0.2) is 55.5 Å². The Kier molecular flexibility index (Phi) is 5.73. The average Bonchev–Trinajstić information content (AvgIpc) is 2.76. The Bertz CT molecular complexity index is 515. The van der Waals surface area contributed by atoms with Gasteiger partial charge in [0.2, 0.25) is 5.91 Å². The minimum absolute atomic E-state index is 0.124. The predicted octanol–water partition coefficient (Wildman–Crippen LogP) is 0.812. The second kappa shape index (κ2) is 7.77. The first-order valence-electron chi connectivity index (χ1n) is 7.35. The van der Waals surface area contributed by atoms with E-state index in [9.17, 15) is 4.79 Å². The Hall–Kier alpha value is -1.90. The number of carbonyl (C=O) groups is 1. The Balaban J connectivity index is 1.88. The fraction of sp³-hybridized carbons (Fsp3) is 0.500. The summed E-state index contributed by atoms with van der Waals surface area (Å²) in [5.41, 5.74) is 1.62. The molecule has 0 saturated carbocycles. The van der Waals surface area contributed by atoms with Crippen molar-refractivity contribution in [1.82, 2.24) is 15.1 Å². The van der Waals surface area contributed by atoms with Crippen molar-refractivity contribution in [3.8, 4) is 6.07 Å². The van der Waals surface area contributed by atoms with Crippen LogP contribution in [0.3, 0.4) is 0 Å². The number of hydrogen-bond donors (Lipinski definition) is 1. The third-order valence-electron chi connectivity index (χ3n) is 3.69. The molecule has 1 amide bonds. The summed E-state index contributed by atoms with van der Waals surface area (Å²) < 4.78 is 0. The number of nitrogens with zero attached hydrogens (tertiary/aromatic N) is 3. The minimum Gasteiger partial charge on any atom is -0.340 e. The first-order valence-corrected chi connectivity index (χ1v) is 7.35. The van der Waals surface area contributed by atoms with Crippen LogP contribution in [0.4, 0.5) is 0 Å². The van der Waals surface area contributed by atoms with Gasteiger partial charge in [-0.3, -0.25) is 9.69 Å². The molecule has 1 aliphatic heterocycles. The number of nitrogens with one attached hydrogen (secondary N) is 1. The maximum absolute atomic E-state index is 12.3. The highest BCUT2D eigenvalue weighted by molar-refractivity contribution is 5.78. The molecule has 1 aromatic rings. The zero-order chi connectivity index (χ0) is 15.1. The van der Waals surface area contributed by atoms with Crippen molar-refractivity contribution < 1.29 is 4.79 Å². The molecule has 0 aliphatic carbocycles. The van der Waals surface area contributed by atoms with Gasteiger partial charge in [0.05, 0.1) is 18.2 Å². The van der Waals surface area contributed by atoms with Crippen molar-refractivity contribution in [2.45, 2.75) is 13.0 Å². The van der Waals surface area contributed by atoms with Crippen molar-refractivity contribution in [3.05, 3.63) is 35.4 Å². The minimum atomic E-state index is 0.124. The van der Waals surface area contributed by atoms with Gasteiger partial charge in [-0.2, -0.15) is 5.26 Å². The molecule has 112 valence electrons. The van der Waals surface area contributed by atoms with Crippen molar-refractivity contribution in [2.75, 3.05) is 39.8 Å². The molecular weight excluding hydrogens is 264 g/mol. The molecule has 0 atom stereocenters. The molecule has 5 heteroatoms. The topological polar surface area (TPSA) is 59.4 Å². The Morgan fingerprint density at radius 1 is 1.43 bits per heavy atom. The maximum Gasteiger partial charge on any atom is 0.236 e. The third-order valence-corrected chi connectivity index (χ3v) is 3.69. The van der Waals surface area contributed by atoms with Crippen LogP contribution in [-0.2, 0) is 11.3 Å². The monoisotopic (exact) mass is 286 g/mol. The normalized spacial score (nSPS) is 16.0. The van der Waals surface area contributed by atoms with Crippen LogP contribution >= 0.6 is 0 Å². The summed E-state index contributed by atoms with van der Waals surface area (Å²) in [5, 5.41) is 12.2. The highest BCUT2D eigenvalue weighted by Crippen LogP contribution is 2.07. The number of likely N-dealkylation sites (N-methyl/N-ethyl adjacent to an activating group) is 1. The van der Waals surface area contributed by atoms with Crippen molar-refractivity contribution in [1.29, 1.82) is 5.26 Å². The number of rotatable bonds is 4. The van der Waals surface area contributed by atoms with Crippen molar-refractivity contribution in [2.24, 2.45) is 0 Å². The van der Waals surface area contributed by atoms with E-state index in [1.54, 1.807) is 11.0 Å². The summed E-state index contributed by atoms with van der Waals surface area (Å²) in [6.45, 7) is 4.87. The first kappa shape index (κ1) is 15.5. The van der Waals surface area contributed by atoms with Crippen molar-refractivity contribution in [3.63, 3.8) is 0 Å². The molecule has 21 heavy (non-hydrogen) atoms. The van der Waals surface area contributed by atoms with Crippen LogP contribution < -0.4 is 5.32 Å². The van der Waals surface area contributed by atoms with E-state index in [2.05, 4.69) is 16.3 Å². The number of benzene rings is 1. The summed E-state index contributed by atoms with van der Waals surface area (Å²) in [5.74, 6) is 0.124. The molecule has 0 spiro atoms. The lowest BCUT2D eigenvalue weighted by molar-refractivity contribution is -0.131. The second-order valence-electron chi connectivity index (χ2n) is 5.44. The van der Waals surface area contributed by atoms with Gasteiger partial charge < -0.3 is 10.2 Å². The smallest absolute Gasteiger partial charge is 0.236 e. The van der Waals surface area contributed by atoms with Gasteiger partial charge in [-0.05, 0) is 37.2 Å². The molecule has 5 nitrogen and oxygen atoms in total. The Morgan fingerprint density at radius 2 is 2.29 bits per heavy atom. The molecule has 0 aromatic heterocycles. The molecule has 1 saturated heterocycles. The highest BCUT2D eigenvalue weighted by Gasteiger charge is 2.16. The van der Waals surface area contributed by atoms with Gasteiger partial charge >= 0.3 is 0 Å². The molecule has 0 bridgehead atoms. The Morgan fingerprint density at radius 3 is 3.10 bits per heavy atom. The van der Waals surface area contributed by atoms with Gasteiger partial charge in [0.25, 0.3) is 0 Å². The Labute approximate surface area is 126 Å². The lowest BCUT2D eigenvalue weighted by atomic mass is 10.1. The number of nitriles is 1. The van der Waals surface area contributed by atoms with Crippen LogP contribution in [0.15, 0.2) is 24.3 Å². The van der Waals surface area contributed by atoms with E-state index in [4.69, 9.17) is 5.26 Å². The van der Waals surface area contributed by atoms with Crippen LogP contribution in [0.5, 0.6) is 0 Å². The van der Waals surface area contributed by atoms with E-state index in [0.717, 1.165) is 38.2 Å². The molecule has 2 rings (SSSR count). The molecule has 1 N–H and O–H groups in total. The van der Waals surface area contributed by atoms with E-state index in [0.29, 0.717) is 18.7 Å². The largest absolute Gasteiger partial charge is 0.340 e. The zero-order valence-electron chi connectivity index (χ0n) is 12.5. The van der Waals surface area contributed by atoms with E-state index in [1.807, 2.05) is 25.2 Å². The van der Waals surface area contributed by atoms with Gasteiger partial charge in [-0.25, -0.2) is 0 Å². The molecular formula is C16H22N4O. The van der Waals surface area contributed by atoms with Crippen LogP contribution in [0, 0.1) is 11.3 Å². The summed E-state index contributed by atoms with van der Waals surface area (Å²) in [6, 6.07) is 9.53. The number of amides is 1. The van der Waals surface area contributed by atoms with Gasteiger partial charge in [0, 0.05) is 26.7 Å². The SMILES string of the molecule is CN(Cc1cccc(C#N)c1)C(=O)CN1CCCNCC1. The van der Waals surface area contributed by atoms with Crippen LogP contribution in [0.2, 0.25) is 0 Å². The van der Waals surface area contributed by atoms with E-state index < -0.39 is 0 Å².